The van der Waals surface area contributed by atoms with Crippen LogP contribution in [0.25, 0.3) is 0 Å². The van der Waals surface area contributed by atoms with Crippen molar-refractivity contribution in [3.63, 3.8) is 0 Å². The second-order valence-corrected chi connectivity index (χ2v) is 5.74. The van der Waals surface area contributed by atoms with Crippen molar-refractivity contribution in [3.05, 3.63) is 59.7 Å². The normalized spacial score (nSPS) is 16.2. The number of hydrogen-bond donors (Lipinski definition) is 6. The standard InChI is InChI=1S/C18H22O7/c19-13-5-1-11(2-6-13)17(23)15(21)9-25-10-16(22)18(24)12-3-7-14(20)8-4-12/h1-8,15-24H,9-10H2. The molecule has 25 heavy (non-hydrogen) atoms. The lowest BCUT2D eigenvalue weighted by Gasteiger charge is -2.21. The van der Waals surface area contributed by atoms with Crippen LogP contribution >= 0.6 is 0 Å². The average Bonchev–Trinajstić information content (AvgIpc) is 2.61. The summed E-state index contributed by atoms with van der Waals surface area (Å²) in [6, 6.07) is 11.5. The molecule has 2 rings (SSSR count). The lowest BCUT2D eigenvalue weighted by atomic mass is 10.0. The number of hydrogen-bond acceptors (Lipinski definition) is 7. The van der Waals surface area contributed by atoms with E-state index < -0.39 is 24.4 Å². The Hall–Kier alpha value is -2.16. The molecule has 0 saturated carbocycles. The van der Waals surface area contributed by atoms with Crippen molar-refractivity contribution in [1.82, 2.24) is 0 Å². The van der Waals surface area contributed by atoms with Crippen LogP contribution in [0.1, 0.15) is 23.3 Å². The minimum absolute atomic E-state index is 0.0491. The molecule has 0 aliphatic heterocycles. The Kier molecular flexibility index (Phi) is 6.74. The molecule has 2 aromatic carbocycles. The van der Waals surface area contributed by atoms with Crippen LogP contribution < -0.4 is 0 Å². The Morgan fingerprint density at radius 1 is 0.600 bits per heavy atom. The zero-order valence-electron chi connectivity index (χ0n) is 13.4. The summed E-state index contributed by atoms with van der Waals surface area (Å²) < 4.78 is 5.17. The van der Waals surface area contributed by atoms with Gasteiger partial charge in [-0.1, -0.05) is 24.3 Å². The van der Waals surface area contributed by atoms with E-state index in [2.05, 4.69) is 0 Å². The SMILES string of the molecule is Oc1ccc(C(O)C(O)COCC(O)C(O)c2ccc(O)cc2)cc1. The molecular weight excluding hydrogens is 328 g/mol. The molecule has 0 aliphatic rings. The van der Waals surface area contributed by atoms with Crippen molar-refractivity contribution in [1.29, 1.82) is 0 Å². The number of aliphatic hydroxyl groups excluding tert-OH is 4. The highest BCUT2D eigenvalue weighted by molar-refractivity contribution is 5.28. The first kappa shape index (κ1) is 19.2. The van der Waals surface area contributed by atoms with Gasteiger partial charge in [0.05, 0.1) is 13.2 Å². The number of aromatic hydroxyl groups is 2. The highest BCUT2D eigenvalue weighted by atomic mass is 16.5. The molecule has 2 aromatic rings. The van der Waals surface area contributed by atoms with Gasteiger partial charge >= 0.3 is 0 Å². The van der Waals surface area contributed by atoms with Gasteiger partial charge in [-0.3, -0.25) is 0 Å². The van der Waals surface area contributed by atoms with E-state index in [1.165, 1.54) is 48.5 Å². The summed E-state index contributed by atoms with van der Waals surface area (Å²) in [4.78, 5) is 0. The minimum Gasteiger partial charge on any atom is -0.508 e. The Bertz CT molecular complexity index is 584. The van der Waals surface area contributed by atoms with Gasteiger partial charge in [0.25, 0.3) is 0 Å². The molecule has 0 fully saturated rings. The third kappa shape index (κ3) is 5.42. The van der Waals surface area contributed by atoms with Crippen LogP contribution in [-0.2, 0) is 4.74 Å². The van der Waals surface area contributed by atoms with E-state index >= 15 is 0 Å². The molecule has 0 radical (unpaired) electrons. The number of phenols is 2. The fourth-order valence-electron chi connectivity index (χ4n) is 2.28. The number of ether oxygens (including phenoxy) is 1. The van der Waals surface area contributed by atoms with Crippen LogP contribution in [-0.4, -0.2) is 56.1 Å². The zero-order valence-corrected chi connectivity index (χ0v) is 13.4. The number of rotatable bonds is 8. The lowest BCUT2D eigenvalue weighted by molar-refractivity contribution is -0.0788. The Balaban J connectivity index is 1.80. The molecule has 136 valence electrons. The third-order valence-corrected chi connectivity index (χ3v) is 3.78. The molecule has 0 amide bonds. The van der Waals surface area contributed by atoms with Crippen LogP contribution in [0.3, 0.4) is 0 Å². The molecule has 0 aromatic heterocycles. The Labute approximate surface area is 145 Å². The number of aliphatic hydroxyl groups is 4. The van der Waals surface area contributed by atoms with Crippen LogP contribution in [0, 0.1) is 0 Å². The largest absolute Gasteiger partial charge is 0.508 e. The van der Waals surface area contributed by atoms with E-state index in [4.69, 9.17) is 4.74 Å². The molecule has 0 spiro atoms. The molecule has 4 unspecified atom stereocenters. The second kappa shape index (κ2) is 8.80. The molecule has 0 bridgehead atoms. The van der Waals surface area contributed by atoms with E-state index in [1.54, 1.807) is 0 Å². The fraction of sp³-hybridized carbons (Fsp3) is 0.333. The maximum Gasteiger partial charge on any atom is 0.115 e. The summed E-state index contributed by atoms with van der Waals surface area (Å²) in [5.74, 6) is 0.0982. The van der Waals surface area contributed by atoms with Crippen molar-refractivity contribution in [2.75, 3.05) is 13.2 Å². The van der Waals surface area contributed by atoms with Gasteiger partial charge in [-0.2, -0.15) is 0 Å². The molecule has 7 heteroatoms. The maximum atomic E-state index is 10.0. The predicted molar refractivity (Wildman–Crippen MR) is 89.0 cm³/mol. The Morgan fingerprint density at radius 3 is 1.24 bits per heavy atom. The lowest BCUT2D eigenvalue weighted by Crippen LogP contribution is -2.29. The van der Waals surface area contributed by atoms with Gasteiger partial charge in [-0.05, 0) is 35.4 Å². The minimum atomic E-state index is -1.23. The van der Waals surface area contributed by atoms with Crippen LogP contribution in [0.5, 0.6) is 11.5 Å². The van der Waals surface area contributed by atoms with E-state index in [0.29, 0.717) is 11.1 Å². The van der Waals surface area contributed by atoms with E-state index in [0.717, 1.165) is 0 Å². The smallest absolute Gasteiger partial charge is 0.115 e. The second-order valence-electron chi connectivity index (χ2n) is 5.74. The van der Waals surface area contributed by atoms with E-state index in [-0.39, 0.29) is 24.7 Å². The maximum absolute atomic E-state index is 10.0. The van der Waals surface area contributed by atoms with Crippen LogP contribution in [0.15, 0.2) is 48.5 Å². The molecule has 7 nitrogen and oxygen atoms in total. The third-order valence-electron chi connectivity index (χ3n) is 3.78. The van der Waals surface area contributed by atoms with Crippen LogP contribution in [0.4, 0.5) is 0 Å². The van der Waals surface area contributed by atoms with Gasteiger partial charge in [0, 0.05) is 0 Å². The first-order chi connectivity index (χ1) is 11.9. The van der Waals surface area contributed by atoms with Gasteiger partial charge in [0.15, 0.2) is 0 Å². The summed E-state index contributed by atoms with van der Waals surface area (Å²) in [5.41, 5.74) is 0.831. The van der Waals surface area contributed by atoms with Gasteiger partial charge in [-0.15, -0.1) is 0 Å². The first-order valence-corrected chi connectivity index (χ1v) is 7.76. The predicted octanol–water partition coefficient (Wildman–Crippen LogP) is 0.603. The first-order valence-electron chi connectivity index (χ1n) is 7.76. The van der Waals surface area contributed by atoms with Crippen molar-refractivity contribution in [2.45, 2.75) is 24.4 Å². The molecule has 0 aliphatic carbocycles. The summed E-state index contributed by atoms with van der Waals surface area (Å²) in [6.45, 7) is -0.497. The van der Waals surface area contributed by atoms with Crippen molar-refractivity contribution in [2.24, 2.45) is 0 Å². The van der Waals surface area contributed by atoms with Crippen molar-refractivity contribution < 1.29 is 35.4 Å². The van der Waals surface area contributed by atoms with Gasteiger partial charge in [0.2, 0.25) is 0 Å². The van der Waals surface area contributed by atoms with E-state index in [1.807, 2.05) is 0 Å². The Morgan fingerprint density at radius 2 is 0.920 bits per heavy atom. The number of phenolic OH excluding ortho intramolecular Hbond substituents is 2. The average molecular weight is 350 g/mol. The molecule has 4 atom stereocenters. The quantitative estimate of drug-likeness (QED) is 0.411. The van der Waals surface area contributed by atoms with Crippen molar-refractivity contribution in [3.8, 4) is 11.5 Å². The zero-order chi connectivity index (χ0) is 18.4. The molecule has 6 N–H and O–H groups in total. The van der Waals surface area contributed by atoms with Crippen LogP contribution in [0.2, 0.25) is 0 Å². The molecular formula is C18H22O7. The van der Waals surface area contributed by atoms with Gasteiger partial charge in [0.1, 0.15) is 35.9 Å². The van der Waals surface area contributed by atoms with Gasteiger partial charge in [-0.25, -0.2) is 0 Å². The monoisotopic (exact) mass is 350 g/mol. The van der Waals surface area contributed by atoms with E-state index in [9.17, 15) is 30.6 Å². The highest BCUT2D eigenvalue weighted by Crippen LogP contribution is 2.22. The van der Waals surface area contributed by atoms with Crippen molar-refractivity contribution >= 4 is 0 Å². The summed E-state index contributed by atoms with van der Waals surface area (Å²) in [5, 5.41) is 58.3. The fourth-order valence-corrected chi connectivity index (χ4v) is 2.28. The molecule has 0 saturated heterocycles. The summed E-state index contributed by atoms with van der Waals surface area (Å²) >= 11 is 0. The summed E-state index contributed by atoms with van der Waals surface area (Å²) in [7, 11) is 0. The molecule has 0 heterocycles. The number of benzene rings is 2. The van der Waals surface area contributed by atoms with Gasteiger partial charge < -0.3 is 35.4 Å². The highest BCUT2D eigenvalue weighted by Gasteiger charge is 2.22. The topological polar surface area (TPSA) is 131 Å². The summed E-state index contributed by atoms with van der Waals surface area (Å²) in [6.07, 6.45) is -4.88.